The molecule has 0 aliphatic heterocycles. The standard InChI is InChI=1S/C52H43NO2/c1-7-16-43-44-26-25-42(32-49(44)52(5,6)48(43)10-4)53-33-41(38-18-12-11-13-19-38)20-15-14-17-34-21-23-40-28-35(22-24-39(40)27-34)29-47-50(54)45-30-36(8-2)37(9-3)31-46(45)51(47)55/h7-33,53H,2-4H2,1,5-6H3/b16-7-,17-14-,20-15-,41-33-. The molecule has 0 bridgehead atoms. The normalized spacial score (nSPS) is 15.0. The van der Waals surface area contributed by atoms with Crippen molar-refractivity contribution in [2.24, 2.45) is 0 Å². The summed E-state index contributed by atoms with van der Waals surface area (Å²) >= 11 is 0. The van der Waals surface area contributed by atoms with Crippen molar-refractivity contribution < 1.29 is 9.59 Å². The fourth-order valence-electron chi connectivity index (χ4n) is 7.60. The van der Waals surface area contributed by atoms with Crippen molar-refractivity contribution in [1.82, 2.24) is 0 Å². The van der Waals surface area contributed by atoms with E-state index in [1.807, 2.05) is 48.6 Å². The first-order chi connectivity index (χ1) is 26.7. The Morgan fingerprint density at radius 3 is 1.96 bits per heavy atom. The number of nitrogens with one attached hydrogen (secondary N) is 1. The fourth-order valence-corrected chi connectivity index (χ4v) is 7.60. The smallest absolute Gasteiger partial charge is 0.197 e. The third kappa shape index (κ3) is 7.01. The lowest BCUT2D eigenvalue weighted by Gasteiger charge is -2.23. The second-order valence-electron chi connectivity index (χ2n) is 14.3. The van der Waals surface area contributed by atoms with Crippen molar-refractivity contribution in [1.29, 1.82) is 0 Å². The maximum absolute atomic E-state index is 13.3. The molecule has 0 saturated carbocycles. The Morgan fingerprint density at radius 1 is 0.673 bits per heavy atom. The topological polar surface area (TPSA) is 46.2 Å². The number of hydrogen-bond acceptors (Lipinski definition) is 3. The Bertz CT molecular complexity index is 2570. The number of allylic oxidation sites excluding steroid dienone is 10. The van der Waals surface area contributed by atoms with E-state index in [9.17, 15) is 9.59 Å². The average Bonchev–Trinajstić information content (AvgIpc) is 3.56. The number of rotatable bonds is 11. The average molecular weight is 714 g/mol. The molecule has 268 valence electrons. The lowest BCUT2D eigenvalue weighted by molar-refractivity contribution is 0.0990. The van der Waals surface area contributed by atoms with Gasteiger partial charge in [0.2, 0.25) is 0 Å². The van der Waals surface area contributed by atoms with Crippen molar-refractivity contribution in [2.45, 2.75) is 26.2 Å². The highest BCUT2D eigenvalue weighted by Crippen LogP contribution is 2.48. The number of anilines is 1. The van der Waals surface area contributed by atoms with Crippen molar-refractivity contribution in [3.05, 3.63) is 221 Å². The number of fused-ring (bicyclic) bond motifs is 3. The molecule has 5 aromatic rings. The van der Waals surface area contributed by atoms with Crippen LogP contribution in [0.5, 0.6) is 0 Å². The van der Waals surface area contributed by atoms with E-state index in [-0.39, 0.29) is 22.6 Å². The van der Waals surface area contributed by atoms with Gasteiger partial charge in [0.25, 0.3) is 0 Å². The molecule has 0 heterocycles. The highest BCUT2D eigenvalue weighted by Gasteiger charge is 2.36. The first-order valence-electron chi connectivity index (χ1n) is 18.5. The first kappa shape index (κ1) is 36.5. The molecule has 0 spiro atoms. The van der Waals surface area contributed by atoms with E-state index in [2.05, 4.69) is 131 Å². The van der Waals surface area contributed by atoms with Crippen molar-refractivity contribution in [3.8, 4) is 0 Å². The summed E-state index contributed by atoms with van der Waals surface area (Å²) in [5, 5.41) is 5.65. The lowest BCUT2D eigenvalue weighted by Crippen LogP contribution is -2.16. The molecule has 1 N–H and O–H groups in total. The van der Waals surface area contributed by atoms with Crippen molar-refractivity contribution in [2.75, 3.05) is 5.32 Å². The highest BCUT2D eigenvalue weighted by atomic mass is 16.2. The number of benzene rings is 5. The summed E-state index contributed by atoms with van der Waals surface area (Å²) in [4.78, 5) is 26.5. The van der Waals surface area contributed by atoms with E-state index in [1.54, 1.807) is 30.4 Å². The Labute approximate surface area is 324 Å². The van der Waals surface area contributed by atoms with Gasteiger partial charge >= 0.3 is 0 Å². The summed E-state index contributed by atoms with van der Waals surface area (Å²) < 4.78 is 0. The van der Waals surface area contributed by atoms with Gasteiger partial charge in [0, 0.05) is 28.4 Å². The van der Waals surface area contributed by atoms with Gasteiger partial charge in [0.15, 0.2) is 11.6 Å². The molecule has 7 rings (SSSR count). The monoisotopic (exact) mass is 713 g/mol. The molecule has 0 amide bonds. The highest BCUT2D eigenvalue weighted by molar-refractivity contribution is 6.41. The summed E-state index contributed by atoms with van der Waals surface area (Å²) in [6.45, 7) is 18.4. The molecule has 2 aliphatic carbocycles. The number of carbonyl (C=O) groups is 2. The predicted molar refractivity (Wildman–Crippen MR) is 235 cm³/mol. The van der Waals surface area contributed by atoms with E-state index in [4.69, 9.17) is 0 Å². The molecule has 0 fully saturated rings. The SMILES string of the molecule is C=CC1=C(/C=C\C)c2ccc(N/C=C(/C=C\C=C/c3ccc4cc(C=C5C(=O)c6cc(C=C)c(C=C)cc6C5=O)ccc4c3)c3ccccc3)cc2C1(C)C. The zero-order valence-electron chi connectivity index (χ0n) is 31.5. The van der Waals surface area contributed by atoms with Gasteiger partial charge in [-0.3, -0.25) is 9.59 Å². The minimum absolute atomic E-state index is 0.139. The largest absolute Gasteiger partial charge is 0.361 e. The minimum Gasteiger partial charge on any atom is -0.361 e. The van der Waals surface area contributed by atoms with Crippen LogP contribution in [0.4, 0.5) is 5.69 Å². The Kier molecular flexibility index (Phi) is 10.1. The van der Waals surface area contributed by atoms with Crippen LogP contribution < -0.4 is 5.32 Å². The zero-order valence-corrected chi connectivity index (χ0v) is 31.5. The van der Waals surface area contributed by atoms with Crippen LogP contribution in [0.2, 0.25) is 0 Å². The molecule has 0 unspecified atom stereocenters. The van der Waals surface area contributed by atoms with Crippen LogP contribution in [-0.4, -0.2) is 11.6 Å². The van der Waals surface area contributed by atoms with Gasteiger partial charge in [-0.15, -0.1) is 0 Å². The van der Waals surface area contributed by atoms with Gasteiger partial charge in [-0.25, -0.2) is 0 Å². The van der Waals surface area contributed by atoms with E-state index >= 15 is 0 Å². The molecule has 3 nitrogen and oxygen atoms in total. The number of carbonyl (C=O) groups excluding carboxylic acids is 2. The summed E-state index contributed by atoms with van der Waals surface area (Å²) in [6.07, 6.45) is 21.6. The van der Waals surface area contributed by atoms with Crippen LogP contribution >= 0.6 is 0 Å². The third-order valence-electron chi connectivity index (χ3n) is 10.5. The van der Waals surface area contributed by atoms with Gasteiger partial charge < -0.3 is 5.32 Å². The van der Waals surface area contributed by atoms with E-state index in [0.29, 0.717) is 11.1 Å². The summed E-state index contributed by atoms with van der Waals surface area (Å²) in [5.41, 5.74) is 12.5. The van der Waals surface area contributed by atoms with Crippen molar-refractivity contribution >= 4 is 63.5 Å². The number of ketones is 2. The van der Waals surface area contributed by atoms with Gasteiger partial charge in [-0.2, -0.15) is 0 Å². The van der Waals surface area contributed by atoms with Crippen LogP contribution in [0, 0.1) is 0 Å². The first-order valence-corrected chi connectivity index (χ1v) is 18.5. The zero-order chi connectivity index (χ0) is 38.7. The number of hydrogen-bond donors (Lipinski definition) is 1. The Balaban J connectivity index is 1.09. The molecule has 0 saturated heterocycles. The van der Waals surface area contributed by atoms with E-state index < -0.39 is 0 Å². The summed E-state index contributed by atoms with van der Waals surface area (Å²) in [6, 6.07) is 32.6. The fraction of sp³-hybridized carbons (Fsp3) is 0.0769. The minimum atomic E-state index is -0.265. The quantitative estimate of drug-likeness (QED) is 0.0842. The van der Waals surface area contributed by atoms with Gasteiger partial charge in [0.05, 0.1) is 5.57 Å². The maximum Gasteiger partial charge on any atom is 0.197 e. The molecule has 55 heavy (non-hydrogen) atoms. The van der Waals surface area contributed by atoms with E-state index in [0.717, 1.165) is 49.9 Å². The molecule has 0 radical (unpaired) electrons. The second-order valence-corrected chi connectivity index (χ2v) is 14.3. The Hall–Kier alpha value is -6.84. The molecule has 3 heteroatoms. The molecule has 2 aliphatic rings. The molecular formula is C52H43NO2. The molecule has 5 aromatic carbocycles. The molecule has 0 aromatic heterocycles. The van der Waals surface area contributed by atoms with Crippen LogP contribution in [-0.2, 0) is 5.41 Å². The van der Waals surface area contributed by atoms with Gasteiger partial charge in [-0.1, -0.05) is 149 Å². The van der Waals surface area contributed by atoms with E-state index in [1.165, 1.54) is 22.3 Å². The molecular weight excluding hydrogens is 671 g/mol. The van der Waals surface area contributed by atoms with Crippen LogP contribution in [0.25, 0.3) is 46.2 Å². The van der Waals surface area contributed by atoms with Crippen molar-refractivity contribution in [3.63, 3.8) is 0 Å². The number of Topliss-reactive ketones (excluding diaryl/α,β-unsaturated/α-hetero) is 2. The van der Waals surface area contributed by atoms with Crippen LogP contribution in [0.3, 0.4) is 0 Å². The maximum atomic E-state index is 13.3. The Morgan fingerprint density at radius 2 is 1.33 bits per heavy atom. The van der Waals surface area contributed by atoms with Gasteiger partial charge in [-0.05, 0) is 116 Å². The summed E-state index contributed by atoms with van der Waals surface area (Å²) in [7, 11) is 0. The molecule has 0 atom stereocenters. The van der Waals surface area contributed by atoms with Gasteiger partial charge in [0.1, 0.15) is 0 Å². The van der Waals surface area contributed by atoms with Crippen LogP contribution in [0.1, 0.15) is 80.4 Å². The second kappa shape index (κ2) is 15.3. The van der Waals surface area contributed by atoms with Crippen LogP contribution in [0.15, 0.2) is 171 Å². The predicted octanol–water partition coefficient (Wildman–Crippen LogP) is 13.1. The summed E-state index contributed by atoms with van der Waals surface area (Å²) in [5.74, 6) is -0.529. The third-order valence-corrected chi connectivity index (χ3v) is 10.5. The lowest BCUT2D eigenvalue weighted by atomic mass is 9.81.